The first-order valence-corrected chi connectivity index (χ1v) is 17.2. The van der Waals surface area contributed by atoms with Crippen LogP contribution in [-0.4, -0.2) is 66.4 Å². The van der Waals surface area contributed by atoms with Gasteiger partial charge in [-0.05, 0) is 91.5 Å². The molecule has 3 aromatic rings. The molecule has 45 heavy (non-hydrogen) atoms. The zero-order chi connectivity index (χ0) is 32.6. The van der Waals surface area contributed by atoms with Gasteiger partial charge in [0, 0.05) is 12.2 Å². The van der Waals surface area contributed by atoms with Crippen molar-refractivity contribution in [3.8, 4) is 0 Å². The SMILES string of the molecule is CS(=O)(=O)NCCCc1ccc(N2C(=O)C(CC[C@H](O)c3ccc(F)cc3)[C@H]2c2ccc(CCCC(O)(CO)CO)cc2)cc1. The molecule has 0 radical (unpaired) electrons. The van der Waals surface area contributed by atoms with Crippen molar-refractivity contribution < 1.29 is 38.0 Å². The van der Waals surface area contributed by atoms with Crippen molar-refractivity contribution in [2.45, 2.75) is 62.7 Å². The molecule has 0 saturated carbocycles. The molecule has 3 atom stereocenters. The number of anilines is 1. The third kappa shape index (κ3) is 9.41. The maximum Gasteiger partial charge on any atom is 0.233 e. The number of amides is 1. The average molecular weight is 643 g/mol. The predicted octanol–water partition coefficient (Wildman–Crippen LogP) is 3.56. The van der Waals surface area contributed by atoms with E-state index >= 15 is 0 Å². The number of nitrogens with zero attached hydrogens (tertiary/aromatic N) is 1. The third-order valence-electron chi connectivity index (χ3n) is 8.46. The highest BCUT2D eigenvalue weighted by Crippen LogP contribution is 2.46. The first-order valence-electron chi connectivity index (χ1n) is 15.3. The third-order valence-corrected chi connectivity index (χ3v) is 9.19. The molecule has 1 aliphatic heterocycles. The summed E-state index contributed by atoms with van der Waals surface area (Å²) >= 11 is 0. The number of carbonyl (C=O) groups excluding carboxylic acids is 1. The van der Waals surface area contributed by atoms with Crippen LogP contribution >= 0.6 is 0 Å². The van der Waals surface area contributed by atoms with Crippen molar-refractivity contribution >= 4 is 21.6 Å². The van der Waals surface area contributed by atoms with Crippen molar-refractivity contribution in [3.05, 3.63) is 101 Å². The fourth-order valence-electron chi connectivity index (χ4n) is 5.77. The summed E-state index contributed by atoms with van der Waals surface area (Å²) < 4.78 is 38.4. The van der Waals surface area contributed by atoms with E-state index < -0.39 is 34.9 Å². The Balaban J connectivity index is 1.47. The summed E-state index contributed by atoms with van der Waals surface area (Å²) in [7, 11) is -3.23. The van der Waals surface area contributed by atoms with Gasteiger partial charge in [0.2, 0.25) is 15.9 Å². The number of aliphatic hydroxyl groups excluding tert-OH is 3. The standard InChI is InChI=1S/C34H43FN2O7S/c1-45(43,44)36-21-3-5-25-8-16-29(17-9-25)37-32(27-10-6-24(7-11-27)4-2-20-34(42,22-38)23-39)30(33(37)41)18-19-31(40)26-12-14-28(35)15-13-26/h6-17,30-32,36,38-40,42H,2-5,18-23H2,1H3/t30?,31-,32+/m0/s1. The Labute approximate surface area is 264 Å². The van der Waals surface area contributed by atoms with Gasteiger partial charge in [-0.1, -0.05) is 48.5 Å². The molecular weight excluding hydrogens is 599 g/mol. The van der Waals surface area contributed by atoms with Crippen molar-refractivity contribution in [1.29, 1.82) is 0 Å². The van der Waals surface area contributed by atoms with Crippen LogP contribution in [0.3, 0.4) is 0 Å². The van der Waals surface area contributed by atoms with Crippen LogP contribution in [-0.2, 0) is 27.7 Å². The van der Waals surface area contributed by atoms with Gasteiger partial charge in [0.25, 0.3) is 0 Å². The molecule has 1 heterocycles. The van der Waals surface area contributed by atoms with Crippen molar-refractivity contribution in [1.82, 2.24) is 4.72 Å². The first kappa shape index (κ1) is 34.7. The molecule has 5 N–H and O–H groups in total. The lowest BCUT2D eigenvalue weighted by Crippen LogP contribution is -2.55. The molecular formula is C34H43FN2O7S. The number of carbonyl (C=O) groups is 1. The van der Waals surface area contributed by atoms with Gasteiger partial charge in [0.05, 0.1) is 37.5 Å². The Morgan fingerprint density at radius 1 is 0.911 bits per heavy atom. The van der Waals surface area contributed by atoms with Gasteiger partial charge in [-0.15, -0.1) is 0 Å². The van der Waals surface area contributed by atoms with Gasteiger partial charge >= 0.3 is 0 Å². The van der Waals surface area contributed by atoms with Crippen LogP contribution in [0, 0.1) is 11.7 Å². The molecule has 3 aromatic carbocycles. The average Bonchev–Trinajstić information content (AvgIpc) is 3.02. The number of β-lactam (4-membered cyclic amide) rings is 1. The number of hydrogen-bond donors (Lipinski definition) is 5. The molecule has 1 amide bonds. The van der Waals surface area contributed by atoms with Crippen LogP contribution in [0.15, 0.2) is 72.8 Å². The van der Waals surface area contributed by atoms with E-state index in [1.54, 1.807) is 17.0 Å². The first-order chi connectivity index (χ1) is 21.4. The highest BCUT2D eigenvalue weighted by atomic mass is 32.2. The molecule has 0 aromatic heterocycles. The van der Waals surface area contributed by atoms with E-state index in [4.69, 9.17) is 0 Å². The summed E-state index contributed by atoms with van der Waals surface area (Å²) in [4.78, 5) is 15.3. The minimum Gasteiger partial charge on any atom is -0.393 e. The Hall–Kier alpha value is -3.19. The number of aliphatic hydroxyl groups is 4. The predicted molar refractivity (Wildman–Crippen MR) is 170 cm³/mol. The molecule has 4 rings (SSSR count). The van der Waals surface area contributed by atoms with Crippen LogP contribution in [0.4, 0.5) is 10.1 Å². The quantitative estimate of drug-likeness (QED) is 0.112. The van der Waals surface area contributed by atoms with Crippen LogP contribution in [0.1, 0.15) is 66.5 Å². The fraction of sp³-hybridized carbons (Fsp3) is 0.441. The number of sulfonamides is 1. The van der Waals surface area contributed by atoms with Gasteiger partial charge in [0.15, 0.2) is 0 Å². The monoisotopic (exact) mass is 642 g/mol. The van der Waals surface area contributed by atoms with Gasteiger partial charge < -0.3 is 25.3 Å². The Kier molecular flexibility index (Phi) is 11.9. The molecule has 1 saturated heterocycles. The summed E-state index contributed by atoms with van der Waals surface area (Å²) in [5.74, 6) is -0.794. The van der Waals surface area contributed by atoms with Crippen LogP contribution in [0.25, 0.3) is 0 Å². The Morgan fingerprint density at radius 3 is 2.07 bits per heavy atom. The zero-order valence-electron chi connectivity index (χ0n) is 25.5. The summed E-state index contributed by atoms with van der Waals surface area (Å²) in [6.07, 6.45) is 3.87. The minimum absolute atomic E-state index is 0.0484. The highest BCUT2D eigenvalue weighted by molar-refractivity contribution is 7.88. The normalized spacial score (nSPS) is 17.7. The largest absolute Gasteiger partial charge is 0.393 e. The van der Waals surface area contributed by atoms with Gasteiger partial charge in [-0.25, -0.2) is 17.5 Å². The van der Waals surface area contributed by atoms with Crippen molar-refractivity contribution in [2.24, 2.45) is 5.92 Å². The summed E-state index contributed by atoms with van der Waals surface area (Å²) in [6, 6.07) is 21.0. The van der Waals surface area contributed by atoms with E-state index in [-0.39, 0.29) is 30.1 Å². The molecule has 1 fully saturated rings. The zero-order valence-corrected chi connectivity index (χ0v) is 26.3. The molecule has 9 nitrogen and oxygen atoms in total. The lowest BCUT2D eigenvalue weighted by atomic mass is 9.78. The van der Waals surface area contributed by atoms with E-state index in [2.05, 4.69) is 4.72 Å². The van der Waals surface area contributed by atoms with Crippen LogP contribution < -0.4 is 9.62 Å². The lowest BCUT2D eigenvalue weighted by molar-refractivity contribution is -0.131. The number of benzene rings is 3. The smallest absolute Gasteiger partial charge is 0.233 e. The molecule has 0 spiro atoms. The van der Waals surface area contributed by atoms with E-state index in [0.717, 1.165) is 28.6 Å². The van der Waals surface area contributed by atoms with Gasteiger partial charge in [0.1, 0.15) is 11.4 Å². The minimum atomic E-state index is -3.23. The number of nitrogens with one attached hydrogen (secondary N) is 1. The fourth-order valence-corrected chi connectivity index (χ4v) is 6.29. The van der Waals surface area contributed by atoms with Gasteiger partial charge in [-0.2, -0.15) is 0 Å². The topological polar surface area (TPSA) is 147 Å². The molecule has 0 bridgehead atoms. The van der Waals surface area contributed by atoms with Crippen molar-refractivity contribution in [3.63, 3.8) is 0 Å². The van der Waals surface area contributed by atoms with E-state index in [9.17, 15) is 38.0 Å². The Morgan fingerprint density at radius 2 is 1.49 bits per heavy atom. The van der Waals surface area contributed by atoms with Gasteiger partial charge in [-0.3, -0.25) is 4.79 Å². The van der Waals surface area contributed by atoms with E-state index in [1.807, 2.05) is 48.5 Å². The number of rotatable bonds is 17. The number of hydrogen-bond acceptors (Lipinski definition) is 7. The summed E-state index contributed by atoms with van der Waals surface area (Å²) in [5, 5.41) is 39.5. The van der Waals surface area contributed by atoms with Crippen LogP contribution in [0.2, 0.25) is 0 Å². The summed E-state index contributed by atoms with van der Waals surface area (Å²) in [5.41, 5.74) is 2.83. The second-order valence-corrected chi connectivity index (χ2v) is 13.8. The summed E-state index contributed by atoms with van der Waals surface area (Å²) in [6.45, 7) is -0.669. The van der Waals surface area contributed by atoms with Crippen LogP contribution in [0.5, 0.6) is 0 Å². The molecule has 1 unspecified atom stereocenters. The molecule has 244 valence electrons. The number of aryl methyl sites for hydroxylation is 2. The molecule has 11 heteroatoms. The van der Waals surface area contributed by atoms with Crippen molar-refractivity contribution in [2.75, 3.05) is 30.9 Å². The Bertz CT molecular complexity index is 1500. The maximum absolute atomic E-state index is 13.6. The maximum atomic E-state index is 13.6. The second-order valence-electron chi connectivity index (χ2n) is 12.0. The van der Waals surface area contributed by atoms with E-state index in [0.29, 0.717) is 50.6 Å². The highest BCUT2D eigenvalue weighted by Gasteiger charge is 2.48. The lowest BCUT2D eigenvalue weighted by Gasteiger charge is -2.48. The van der Waals surface area contributed by atoms with E-state index in [1.165, 1.54) is 12.1 Å². The second kappa shape index (κ2) is 15.4. The molecule has 1 aliphatic rings. The molecule has 0 aliphatic carbocycles. The number of halogens is 1.